The molecule has 1 aromatic carbocycles. The van der Waals surface area contributed by atoms with Crippen LogP contribution in [0.5, 0.6) is 0 Å². The highest BCUT2D eigenvalue weighted by molar-refractivity contribution is 7.19. The van der Waals surface area contributed by atoms with Gasteiger partial charge < -0.3 is 21.1 Å². The molecule has 7 heteroatoms. The van der Waals surface area contributed by atoms with Crippen LogP contribution in [0, 0.1) is 6.92 Å². The molecule has 0 saturated carbocycles. The van der Waals surface area contributed by atoms with Crippen molar-refractivity contribution in [1.29, 1.82) is 0 Å². The Kier molecular flexibility index (Phi) is 4.91. The fraction of sp³-hybridized carbons (Fsp3) is 0.409. The number of hydrogen-bond acceptors (Lipinski definition) is 7. The van der Waals surface area contributed by atoms with Crippen molar-refractivity contribution in [3.05, 3.63) is 52.5 Å². The minimum absolute atomic E-state index is 0.622. The zero-order chi connectivity index (χ0) is 20.0. The molecular weight excluding hydrogens is 382 g/mol. The molecule has 2 aliphatic heterocycles. The van der Waals surface area contributed by atoms with Crippen LogP contribution in [0.4, 0.5) is 11.4 Å². The third-order valence-corrected chi connectivity index (χ3v) is 7.25. The van der Waals surface area contributed by atoms with Crippen LogP contribution >= 0.6 is 11.3 Å². The van der Waals surface area contributed by atoms with Gasteiger partial charge in [-0.05, 0) is 49.6 Å². The monoisotopic (exact) mass is 409 g/mol. The number of piperazine rings is 1. The van der Waals surface area contributed by atoms with Crippen LogP contribution in [0.25, 0.3) is 10.2 Å². The fourth-order valence-corrected chi connectivity index (χ4v) is 5.59. The van der Waals surface area contributed by atoms with E-state index >= 15 is 0 Å². The van der Waals surface area contributed by atoms with E-state index in [1.807, 2.05) is 19.1 Å². The van der Waals surface area contributed by atoms with Gasteiger partial charge in [0.25, 0.3) is 0 Å². The number of nitrogens with zero attached hydrogens (tertiary/aromatic N) is 2. The summed E-state index contributed by atoms with van der Waals surface area (Å²) in [5.74, 6) is 0. The van der Waals surface area contributed by atoms with Gasteiger partial charge in [-0.15, -0.1) is 11.3 Å². The van der Waals surface area contributed by atoms with Crippen LogP contribution in [0.1, 0.15) is 28.8 Å². The highest BCUT2D eigenvalue weighted by atomic mass is 32.1. The smallest absolute Gasteiger partial charge is 0.142 e. The van der Waals surface area contributed by atoms with Gasteiger partial charge in [-0.25, -0.2) is 4.98 Å². The zero-order valence-corrected chi connectivity index (χ0v) is 17.4. The minimum Gasteiger partial charge on any atom is -0.397 e. The lowest BCUT2D eigenvalue weighted by atomic mass is 10.1. The molecule has 6 nitrogen and oxygen atoms in total. The van der Waals surface area contributed by atoms with Gasteiger partial charge in [-0.3, -0.25) is 5.32 Å². The second kappa shape index (κ2) is 7.57. The van der Waals surface area contributed by atoms with E-state index in [1.54, 1.807) is 0 Å². The van der Waals surface area contributed by atoms with Crippen LogP contribution in [0.2, 0.25) is 0 Å². The number of aryl methyl sites for hydroxylation is 1. The van der Waals surface area contributed by atoms with Crippen molar-refractivity contribution in [2.45, 2.75) is 38.1 Å². The highest BCUT2D eigenvalue weighted by Crippen LogP contribution is 2.35. The molecule has 0 spiro atoms. The van der Waals surface area contributed by atoms with E-state index in [0.717, 1.165) is 40.3 Å². The van der Waals surface area contributed by atoms with Crippen molar-refractivity contribution in [2.75, 3.05) is 30.3 Å². The summed E-state index contributed by atoms with van der Waals surface area (Å²) in [6.07, 6.45) is 1.34. The molecule has 2 saturated heterocycles. The van der Waals surface area contributed by atoms with Crippen LogP contribution in [-0.2, 0) is 6.42 Å². The quantitative estimate of drug-likeness (QED) is 0.468. The molecule has 2 bridgehead atoms. The first-order valence-corrected chi connectivity index (χ1v) is 11.1. The topological polar surface area (TPSA) is 86.4 Å². The average Bonchev–Trinajstić information content (AvgIpc) is 3.43. The molecule has 3 aromatic rings. The molecule has 29 heavy (non-hydrogen) atoms. The van der Waals surface area contributed by atoms with Gasteiger partial charge >= 0.3 is 0 Å². The SMILES string of the molecule is Cc1ccc2c(N)c(C(O)NCCc3ccc(N4C[C@H]5C[C@@H]4CN5)cc3)sc2n1. The Morgan fingerprint density at radius 3 is 2.86 bits per heavy atom. The molecule has 1 unspecified atom stereocenters. The van der Waals surface area contributed by atoms with Crippen molar-refractivity contribution in [3.8, 4) is 0 Å². The standard InChI is InChI=1S/C22H27N5OS/c1-13-2-7-18-19(23)20(29-22(18)26-13)21(28)24-9-8-14-3-5-16(6-4-14)27-12-15-10-17(27)11-25-15/h2-7,15,17,21,24-25,28H,8-12,23H2,1H3/t15-,17-,21?/m1/s1. The lowest BCUT2D eigenvalue weighted by Crippen LogP contribution is -2.43. The summed E-state index contributed by atoms with van der Waals surface area (Å²) in [4.78, 5) is 8.65. The number of aliphatic hydroxyl groups excluding tert-OH is 1. The van der Waals surface area contributed by atoms with Gasteiger partial charge in [-0.1, -0.05) is 12.1 Å². The maximum atomic E-state index is 10.6. The molecule has 3 atom stereocenters. The Bertz CT molecular complexity index is 1020. The first-order valence-electron chi connectivity index (χ1n) is 10.2. The van der Waals surface area contributed by atoms with Crippen LogP contribution in [0.15, 0.2) is 36.4 Å². The Labute approximate surface area is 174 Å². The number of nitrogens with one attached hydrogen (secondary N) is 2. The number of benzene rings is 1. The second-order valence-corrected chi connectivity index (χ2v) is 9.14. The van der Waals surface area contributed by atoms with Crippen molar-refractivity contribution >= 4 is 32.9 Å². The van der Waals surface area contributed by atoms with Crippen LogP contribution in [0.3, 0.4) is 0 Å². The molecule has 4 heterocycles. The summed E-state index contributed by atoms with van der Waals surface area (Å²) in [6, 6.07) is 14.1. The Balaban J connectivity index is 1.18. The third kappa shape index (κ3) is 3.59. The summed E-state index contributed by atoms with van der Waals surface area (Å²) >= 11 is 1.46. The molecule has 152 valence electrons. The van der Waals surface area contributed by atoms with E-state index in [1.165, 1.54) is 29.0 Å². The largest absolute Gasteiger partial charge is 0.397 e. The molecule has 0 aliphatic carbocycles. The first kappa shape index (κ1) is 18.8. The summed E-state index contributed by atoms with van der Waals surface area (Å²) < 4.78 is 0. The molecule has 2 aliphatic rings. The molecule has 5 rings (SSSR count). The molecule has 2 fully saturated rings. The van der Waals surface area contributed by atoms with E-state index in [2.05, 4.69) is 44.8 Å². The Morgan fingerprint density at radius 1 is 1.31 bits per heavy atom. The number of aromatic nitrogens is 1. The Morgan fingerprint density at radius 2 is 2.14 bits per heavy atom. The number of rotatable bonds is 6. The van der Waals surface area contributed by atoms with Crippen molar-refractivity contribution < 1.29 is 5.11 Å². The predicted molar refractivity (Wildman–Crippen MR) is 119 cm³/mol. The van der Waals surface area contributed by atoms with Gasteiger partial charge in [-0.2, -0.15) is 0 Å². The molecule has 2 aromatic heterocycles. The van der Waals surface area contributed by atoms with Crippen LogP contribution in [-0.4, -0.2) is 41.8 Å². The zero-order valence-electron chi connectivity index (χ0n) is 16.6. The normalized spacial score (nSPS) is 21.9. The fourth-order valence-electron chi connectivity index (χ4n) is 4.49. The van der Waals surface area contributed by atoms with Gasteiger partial charge in [0.1, 0.15) is 11.1 Å². The first-order chi connectivity index (χ1) is 14.1. The maximum Gasteiger partial charge on any atom is 0.142 e. The van der Waals surface area contributed by atoms with Crippen molar-refractivity contribution in [2.24, 2.45) is 0 Å². The minimum atomic E-state index is -0.776. The van der Waals surface area contributed by atoms with E-state index in [0.29, 0.717) is 24.3 Å². The highest BCUT2D eigenvalue weighted by Gasteiger charge is 2.37. The number of hydrogen-bond donors (Lipinski definition) is 4. The summed E-state index contributed by atoms with van der Waals surface area (Å²) in [5, 5.41) is 18.2. The van der Waals surface area contributed by atoms with Gasteiger partial charge in [0.15, 0.2) is 0 Å². The molecule has 5 N–H and O–H groups in total. The molecular formula is C22H27N5OS. The summed E-state index contributed by atoms with van der Waals surface area (Å²) in [7, 11) is 0. The van der Waals surface area contributed by atoms with Crippen LogP contribution < -0.4 is 21.3 Å². The van der Waals surface area contributed by atoms with Gasteiger partial charge in [0.2, 0.25) is 0 Å². The summed E-state index contributed by atoms with van der Waals surface area (Å²) in [5.41, 5.74) is 10.4. The number of anilines is 2. The average molecular weight is 410 g/mol. The molecule has 0 radical (unpaired) electrons. The van der Waals surface area contributed by atoms with Crippen molar-refractivity contribution in [1.82, 2.24) is 15.6 Å². The maximum absolute atomic E-state index is 10.6. The lowest BCUT2D eigenvalue weighted by Gasteiger charge is -2.29. The number of aliphatic hydroxyl groups is 1. The summed E-state index contributed by atoms with van der Waals surface area (Å²) in [6.45, 7) is 4.85. The van der Waals surface area contributed by atoms with E-state index in [-0.39, 0.29) is 0 Å². The van der Waals surface area contributed by atoms with E-state index in [9.17, 15) is 5.11 Å². The lowest BCUT2D eigenvalue weighted by molar-refractivity contribution is 0.144. The van der Waals surface area contributed by atoms with Gasteiger partial charge in [0.05, 0.1) is 10.6 Å². The molecule has 0 amide bonds. The van der Waals surface area contributed by atoms with E-state index in [4.69, 9.17) is 5.73 Å². The number of thiophene rings is 1. The number of pyridine rings is 1. The number of nitrogens with two attached hydrogens (primary N) is 1. The van der Waals surface area contributed by atoms with Crippen molar-refractivity contribution in [3.63, 3.8) is 0 Å². The second-order valence-electron chi connectivity index (χ2n) is 8.11. The van der Waals surface area contributed by atoms with E-state index < -0.39 is 6.23 Å². The number of nitrogen functional groups attached to an aromatic ring is 1. The number of fused-ring (bicyclic) bond motifs is 3. The predicted octanol–water partition coefficient (Wildman–Crippen LogP) is 2.56. The third-order valence-electron chi connectivity index (χ3n) is 6.09. The van der Waals surface area contributed by atoms with Gasteiger partial charge in [0, 0.05) is 48.5 Å². The Hall–Kier alpha value is -2.19.